The molecule has 3 heterocycles. The number of thiophene rings is 1. The topological polar surface area (TPSA) is 90.4 Å². The molecule has 4 rings (SSSR count). The molecule has 4 aromatic rings. The van der Waals surface area contributed by atoms with E-state index in [-0.39, 0.29) is 18.4 Å². The number of hydrogen-bond acceptors (Lipinski definition) is 7. The van der Waals surface area contributed by atoms with E-state index in [9.17, 15) is 4.79 Å². The summed E-state index contributed by atoms with van der Waals surface area (Å²) in [5, 5.41) is 11.8. The molecule has 29 heavy (non-hydrogen) atoms. The van der Waals surface area contributed by atoms with Gasteiger partial charge in [-0.1, -0.05) is 17.3 Å². The van der Waals surface area contributed by atoms with Gasteiger partial charge in [0.05, 0.1) is 12.6 Å². The fourth-order valence-electron chi connectivity index (χ4n) is 3.01. The van der Waals surface area contributed by atoms with Crippen LogP contribution < -0.4 is 10.1 Å². The number of aryl methyl sites for hydroxylation is 1. The van der Waals surface area contributed by atoms with E-state index >= 15 is 0 Å². The minimum atomic E-state index is -0.270. The van der Waals surface area contributed by atoms with Gasteiger partial charge in [0.15, 0.2) is 11.3 Å². The highest BCUT2D eigenvalue weighted by molar-refractivity contribution is 7.08. The minimum Gasteiger partial charge on any atom is -0.490 e. The summed E-state index contributed by atoms with van der Waals surface area (Å²) < 4.78 is 16.8. The zero-order valence-electron chi connectivity index (χ0n) is 16.2. The Bertz CT molecular complexity index is 1100. The first-order chi connectivity index (χ1) is 14.1. The summed E-state index contributed by atoms with van der Waals surface area (Å²) in [7, 11) is 0. The van der Waals surface area contributed by atoms with E-state index in [0.29, 0.717) is 41.8 Å². The molecule has 3 aromatic heterocycles. The molecule has 0 bridgehead atoms. The van der Waals surface area contributed by atoms with Crippen LogP contribution in [-0.2, 0) is 11.2 Å². The summed E-state index contributed by atoms with van der Waals surface area (Å²) in [6, 6.07) is 9.33. The van der Waals surface area contributed by atoms with Crippen molar-refractivity contribution < 1.29 is 18.5 Å². The van der Waals surface area contributed by atoms with Gasteiger partial charge in [-0.25, -0.2) is 0 Å². The molecule has 0 aliphatic rings. The van der Waals surface area contributed by atoms with Gasteiger partial charge in [-0.2, -0.15) is 16.3 Å². The number of furan rings is 1. The summed E-state index contributed by atoms with van der Waals surface area (Å²) in [6.07, 6.45) is 0.629. The molecule has 0 aliphatic heterocycles. The molecule has 0 saturated carbocycles. The van der Waals surface area contributed by atoms with E-state index < -0.39 is 0 Å². The maximum absolute atomic E-state index is 12.4. The normalized spacial score (nSPS) is 12.2. The summed E-state index contributed by atoms with van der Waals surface area (Å²) in [5.41, 5.74) is 1.61. The van der Waals surface area contributed by atoms with Gasteiger partial charge in [0.25, 0.3) is 0 Å². The van der Waals surface area contributed by atoms with Crippen molar-refractivity contribution in [1.82, 2.24) is 15.5 Å². The highest BCUT2D eigenvalue weighted by Crippen LogP contribution is 2.31. The van der Waals surface area contributed by atoms with Gasteiger partial charge < -0.3 is 19.0 Å². The Balaban J connectivity index is 1.36. The van der Waals surface area contributed by atoms with Crippen molar-refractivity contribution in [2.75, 3.05) is 6.61 Å². The molecular weight excluding hydrogens is 390 g/mol. The molecule has 150 valence electrons. The van der Waals surface area contributed by atoms with Crippen molar-refractivity contribution in [3.63, 3.8) is 0 Å². The average molecular weight is 411 g/mol. The maximum atomic E-state index is 12.4. The Morgan fingerprint density at radius 3 is 3.03 bits per heavy atom. The average Bonchev–Trinajstić information content (AvgIpc) is 3.46. The van der Waals surface area contributed by atoms with E-state index in [1.54, 1.807) is 11.3 Å². The summed E-state index contributed by atoms with van der Waals surface area (Å²) in [5.74, 6) is 2.26. The first-order valence-electron chi connectivity index (χ1n) is 9.44. The number of aromatic nitrogens is 2. The lowest BCUT2D eigenvalue weighted by molar-refractivity contribution is -0.121. The molecule has 1 aromatic carbocycles. The molecule has 0 radical (unpaired) electrons. The molecule has 1 N–H and O–H groups in total. The number of ether oxygens (including phenoxy) is 1. The van der Waals surface area contributed by atoms with Crippen LogP contribution in [-0.4, -0.2) is 22.7 Å². The van der Waals surface area contributed by atoms with Crippen molar-refractivity contribution in [1.29, 1.82) is 0 Å². The number of rotatable bonds is 8. The molecule has 0 aliphatic carbocycles. The molecule has 8 heteroatoms. The monoisotopic (exact) mass is 411 g/mol. The quantitative estimate of drug-likeness (QED) is 0.450. The molecule has 0 spiro atoms. The van der Waals surface area contributed by atoms with Gasteiger partial charge in [-0.3, -0.25) is 4.79 Å². The molecule has 1 amide bonds. The lowest BCUT2D eigenvalue weighted by Crippen LogP contribution is -2.26. The van der Waals surface area contributed by atoms with Crippen LogP contribution in [0.3, 0.4) is 0 Å². The van der Waals surface area contributed by atoms with Gasteiger partial charge in [0, 0.05) is 29.2 Å². The Morgan fingerprint density at radius 2 is 2.24 bits per heavy atom. The van der Waals surface area contributed by atoms with Crippen LogP contribution in [0.15, 0.2) is 50.0 Å². The van der Waals surface area contributed by atoms with Gasteiger partial charge in [0.2, 0.25) is 17.6 Å². The third kappa shape index (κ3) is 4.32. The number of nitrogens with one attached hydrogen (secondary N) is 1. The van der Waals surface area contributed by atoms with E-state index in [2.05, 4.69) is 15.5 Å². The van der Waals surface area contributed by atoms with Crippen LogP contribution in [0.1, 0.15) is 38.0 Å². The van der Waals surface area contributed by atoms with Crippen LogP contribution in [0, 0.1) is 0 Å². The third-order valence-corrected chi connectivity index (χ3v) is 5.13. The molecule has 7 nitrogen and oxygen atoms in total. The van der Waals surface area contributed by atoms with Crippen LogP contribution in [0.5, 0.6) is 5.75 Å². The SMILES string of the molecule is CCOc1cccc2cc(C(C)NC(=O)CCc3nc(-c4ccsc4)no3)oc12. The van der Waals surface area contributed by atoms with Gasteiger partial charge >= 0.3 is 0 Å². The van der Waals surface area contributed by atoms with Crippen molar-refractivity contribution >= 4 is 28.2 Å². The van der Waals surface area contributed by atoms with E-state index in [1.165, 1.54) is 0 Å². The number of amides is 1. The first-order valence-corrected chi connectivity index (χ1v) is 10.4. The number of benzene rings is 1. The molecule has 0 fully saturated rings. The summed E-state index contributed by atoms with van der Waals surface area (Å²) in [6.45, 7) is 4.38. The standard InChI is InChI=1S/C21H21N3O4S/c1-3-26-16-6-4-5-14-11-17(27-20(14)16)13(2)22-18(25)7-8-19-23-21(24-28-19)15-9-10-29-12-15/h4-6,9-13H,3,7-8H2,1-2H3,(H,22,25). The first kappa shape index (κ1) is 19.2. The van der Waals surface area contributed by atoms with Crippen molar-refractivity contribution in [3.05, 3.63) is 52.7 Å². The van der Waals surface area contributed by atoms with Crippen LogP contribution >= 0.6 is 11.3 Å². The summed E-state index contributed by atoms with van der Waals surface area (Å²) in [4.78, 5) is 16.7. The zero-order valence-corrected chi connectivity index (χ0v) is 17.0. The maximum Gasteiger partial charge on any atom is 0.227 e. The smallest absolute Gasteiger partial charge is 0.227 e. The number of hydrogen-bond donors (Lipinski definition) is 1. The largest absolute Gasteiger partial charge is 0.490 e. The Labute approximate surface area is 171 Å². The van der Waals surface area contributed by atoms with E-state index in [0.717, 1.165) is 10.9 Å². The Morgan fingerprint density at radius 1 is 1.34 bits per heavy atom. The second-order valence-electron chi connectivity index (χ2n) is 6.57. The van der Waals surface area contributed by atoms with Gasteiger partial charge in [-0.15, -0.1) is 0 Å². The number of nitrogens with zero attached hydrogens (tertiary/aromatic N) is 2. The molecule has 1 atom stereocenters. The van der Waals surface area contributed by atoms with Crippen molar-refractivity contribution in [2.24, 2.45) is 0 Å². The molecule has 1 unspecified atom stereocenters. The van der Waals surface area contributed by atoms with Crippen molar-refractivity contribution in [2.45, 2.75) is 32.7 Å². The second kappa shape index (κ2) is 8.48. The fraction of sp³-hybridized carbons (Fsp3) is 0.286. The predicted molar refractivity (Wildman–Crippen MR) is 110 cm³/mol. The number of para-hydroxylation sites is 1. The second-order valence-corrected chi connectivity index (χ2v) is 7.35. The predicted octanol–water partition coefficient (Wildman–Crippen LogP) is 4.75. The number of carbonyl (C=O) groups is 1. The number of carbonyl (C=O) groups excluding carboxylic acids is 1. The molecular formula is C21H21N3O4S. The van der Waals surface area contributed by atoms with E-state index in [1.807, 2.05) is 54.9 Å². The highest BCUT2D eigenvalue weighted by atomic mass is 32.1. The lowest BCUT2D eigenvalue weighted by Gasteiger charge is -2.10. The fourth-order valence-corrected chi connectivity index (χ4v) is 3.64. The van der Waals surface area contributed by atoms with Crippen LogP contribution in [0.4, 0.5) is 0 Å². The zero-order chi connectivity index (χ0) is 20.2. The van der Waals surface area contributed by atoms with Crippen molar-refractivity contribution in [3.8, 4) is 17.1 Å². The minimum absolute atomic E-state index is 0.113. The Hall–Kier alpha value is -3.13. The van der Waals surface area contributed by atoms with Crippen LogP contribution in [0.25, 0.3) is 22.4 Å². The molecule has 0 saturated heterocycles. The van der Waals surface area contributed by atoms with Crippen LogP contribution in [0.2, 0.25) is 0 Å². The third-order valence-electron chi connectivity index (χ3n) is 4.44. The number of fused-ring (bicyclic) bond motifs is 1. The summed E-state index contributed by atoms with van der Waals surface area (Å²) >= 11 is 1.57. The van der Waals surface area contributed by atoms with E-state index in [4.69, 9.17) is 13.7 Å². The highest BCUT2D eigenvalue weighted by Gasteiger charge is 2.17. The lowest BCUT2D eigenvalue weighted by atomic mass is 10.2. The van der Waals surface area contributed by atoms with Gasteiger partial charge in [-0.05, 0) is 37.4 Å². The Kier molecular flexibility index (Phi) is 5.62. The van der Waals surface area contributed by atoms with Gasteiger partial charge in [0.1, 0.15) is 5.76 Å².